The summed E-state index contributed by atoms with van der Waals surface area (Å²) in [5.74, 6) is -2.15. The van der Waals surface area contributed by atoms with Crippen molar-refractivity contribution in [1.82, 2.24) is 10.2 Å². The highest BCUT2D eigenvalue weighted by molar-refractivity contribution is 7.80. The number of nitrogens with zero attached hydrogens (tertiary/aromatic N) is 2. The van der Waals surface area contributed by atoms with Crippen LogP contribution in [-0.4, -0.2) is 45.0 Å². The molecule has 0 aromatic heterocycles. The molecule has 0 spiro atoms. The molecule has 2 rings (SSSR count). The van der Waals surface area contributed by atoms with Gasteiger partial charge in [-0.2, -0.15) is 0 Å². The first-order valence-corrected chi connectivity index (χ1v) is 7.84. The number of phenolic OH excluding ortho intramolecular Hbond substituents is 1. The van der Waals surface area contributed by atoms with Gasteiger partial charge in [0.1, 0.15) is 5.57 Å². The van der Waals surface area contributed by atoms with Crippen LogP contribution < -0.4 is 10.1 Å². The second-order valence-electron chi connectivity index (χ2n) is 5.10. The molecule has 2 amide bonds. The van der Waals surface area contributed by atoms with Crippen molar-refractivity contribution < 1.29 is 24.4 Å². The number of carbonyl (C=O) groups is 2. The summed E-state index contributed by atoms with van der Waals surface area (Å²) < 4.78 is 5.17. The van der Waals surface area contributed by atoms with Gasteiger partial charge < -0.3 is 9.84 Å². The van der Waals surface area contributed by atoms with Gasteiger partial charge in [-0.25, -0.2) is 0 Å². The number of hydrogen-bond acceptors (Lipinski definition) is 7. The van der Waals surface area contributed by atoms with Gasteiger partial charge in [-0.1, -0.05) is 6.08 Å². The van der Waals surface area contributed by atoms with E-state index in [1.54, 1.807) is 6.92 Å². The molecule has 0 radical (unpaired) electrons. The Labute approximate surface area is 153 Å². The molecule has 10 heteroatoms. The van der Waals surface area contributed by atoms with Crippen LogP contribution in [0.25, 0.3) is 6.08 Å². The summed E-state index contributed by atoms with van der Waals surface area (Å²) in [7, 11) is 0. The second-order valence-corrected chi connectivity index (χ2v) is 5.49. The van der Waals surface area contributed by atoms with Crippen LogP contribution in [0.3, 0.4) is 0 Å². The number of benzene rings is 1. The van der Waals surface area contributed by atoms with E-state index in [1.165, 1.54) is 18.2 Å². The third-order valence-corrected chi connectivity index (χ3v) is 3.70. The molecule has 1 aliphatic rings. The van der Waals surface area contributed by atoms with E-state index in [0.717, 1.165) is 11.0 Å². The van der Waals surface area contributed by atoms with E-state index in [9.17, 15) is 24.8 Å². The molecule has 9 nitrogen and oxygen atoms in total. The number of carbonyl (C=O) groups excluding carboxylic acids is 2. The molecule has 0 saturated carbocycles. The van der Waals surface area contributed by atoms with Crippen LogP contribution >= 0.6 is 12.2 Å². The zero-order chi connectivity index (χ0) is 19.4. The Morgan fingerprint density at radius 3 is 2.73 bits per heavy atom. The average Bonchev–Trinajstić information content (AvgIpc) is 2.57. The zero-order valence-corrected chi connectivity index (χ0v) is 14.5. The summed E-state index contributed by atoms with van der Waals surface area (Å²) in [4.78, 5) is 36.1. The Kier molecular flexibility index (Phi) is 5.68. The Bertz CT molecular complexity index is 849. The van der Waals surface area contributed by atoms with E-state index < -0.39 is 28.2 Å². The van der Waals surface area contributed by atoms with Crippen molar-refractivity contribution in [3.8, 4) is 11.5 Å². The quantitative estimate of drug-likeness (QED) is 0.192. The van der Waals surface area contributed by atoms with E-state index in [2.05, 4.69) is 11.9 Å². The third-order valence-electron chi connectivity index (χ3n) is 3.38. The predicted octanol–water partition coefficient (Wildman–Crippen LogP) is 1.51. The van der Waals surface area contributed by atoms with Gasteiger partial charge in [0, 0.05) is 12.6 Å². The summed E-state index contributed by atoms with van der Waals surface area (Å²) in [5, 5.41) is 23.3. The van der Waals surface area contributed by atoms with Gasteiger partial charge in [0.2, 0.25) is 5.75 Å². The summed E-state index contributed by atoms with van der Waals surface area (Å²) >= 11 is 4.95. The zero-order valence-electron chi connectivity index (χ0n) is 13.7. The molecule has 26 heavy (non-hydrogen) atoms. The van der Waals surface area contributed by atoms with Gasteiger partial charge in [0.25, 0.3) is 11.8 Å². The number of nitro benzene ring substituents is 1. The molecule has 136 valence electrons. The first-order chi connectivity index (χ1) is 12.3. The van der Waals surface area contributed by atoms with Gasteiger partial charge in [0.15, 0.2) is 10.9 Å². The van der Waals surface area contributed by atoms with Crippen molar-refractivity contribution in [1.29, 1.82) is 0 Å². The Morgan fingerprint density at radius 2 is 2.15 bits per heavy atom. The molecule has 2 N–H and O–H groups in total. The SMILES string of the molecule is C=CCN1C(=O)C(=Cc2cc(OCC)c(O)c([N+](=O)[O-])c2)C(=O)NC1=S. The largest absolute Gasteiger partial charge is 0.500 e. The third kappa shape index (κ3) is 3.70. The number of ether oxygens (including phenoxy) is 1. The predicted molar refractivity (Wildman–Crippen MR) is 96.6 cm³/mol. The maximum Gasteiger partial charge on any atom is 0.315 e. The topological polar surface area (TPSA) is 122 Å². The fraction of sp³-hybridized carbons (Fsp3) is 0.188. The highest BCUT2D eigenvalue weighted by Crippen LogP contribution is 2.37. The van der Waals surface area contributed by atoms with Crippen LogP contribution in [0.15, 0.2) is 30.4 Å². The number of thiocarbonyl (C=S) groups is 1. The van der Waals surface area contributed by atoms with Gasteiger partial charge in [-0.05, 0) is 36.8 Å². The number of nitro groups is 1. The molecule has 1 aromatic rings. The molecule has 1 aromatic carbocycles. The average molecular weight is 377 g/mol. The number of amides is 2. The molecule has 1 heterocycles. The van der Waals surface area contributed by atoms with Crippen molar-refractivity contribution >= 4 is 40.9 Å². The summed E-state index contributed by atoms with van der Waals surface area (Å²) in [5.41, 5.74) is -0.726. The van der Waals surface area contributed by atoms with E-state index in [1.807, 2.05) is 0 Å². The van der Waals surface area contributed by atoms with Gasteiger partial charge in [-0.15, -0.1) is 6.58 Å². The molecule has 1 fully saturated rings. The summed E-state index contributed by atoms with van der Waals surface area (Å²) in [6, 6.07) is 2.33. The van der Waals surface area contributed by atoms with E-state index >= 15 is 0 Å². The van der Waals surface area contributed by atoms with Crippen LogP contribution in [-0.2, 0) is 9.59 Å². The van der Waals surface area contributed by atoms with Crippen molar-refractivity contribution in [2.45, 2.75) is 6.92 Å². The number of aromatic hydroxyl groups is 1. The molecular weight excluding hydrogens is 362 g/mol. The first kappa shape index (κ1) is 19.1. The standard InChI is InChI=1S/C16H15N3O6S/c1-3-5-18-15(22)10(14(21)17-16(18)26)6-9-7-11(19(23)24)13(20)12(8-9)25-4-2/h3,6-8,20H,1,4-5H2,2H3,(H,17,21,26). The molecule has 1 aliphatic heterocycles. The lowest BCUT2D eigenvalue weighted by atomic mass is 10.1. The van der Waals surface area contributed by atoms with E-state index in [0.29, 0.717) is 0 Å². The monoisotopic (exact) mass is 377 g/mol. The smallest absolute Gasteiger partial charge is 0.315 e. The number of hydrogen-bond donors (Lipinski definition) is 2. The normalized spacial score (nSPS) is 15.8. The first-order valence-electron chi connectivity index (χ1n) is 7.44. The van der Waals surface area contributed by atoms with Crippen LogP contribution in [0.2, 0.25) is 0 Å². The van der Waals surface area contributed by atoms with Gasteiger partial charge >= 0.3 is 5.69 Å². The Morgan fingerprint density at radius 1 is 1.46 bits per heavy atom. The van der Waals surface area contributed by atoms with E-state index in [-0.39, 0.29) is 35.2 Å². The van der Waals surface area contributed by atoms with Crippen LogP contribution in [0, 0.1) is 10.1 Å². The molecule has 0 atom stereocenters. The minimum atomic E-state index is -0.790. The summed E-state index contributed by atoms with van der Waals surface area (Å²) in [6.45, 7) is 5.41. The highest BCUT2D eigenvalue weighted by Gasteiger charge is 2.33. The molecule has 0 bridgehead atoms. The van der Waals surface area contributed by atoms with Crippen LogP contribution in [0.4, 0.5) is 5.69 Å². The van der Waals surface area contributed by atoms with Crippen molar-refractivity contribution in [2.75, 3.05) is 13.2 Å². The molecular formula is C16H15N3O6S. The highest BCUT2D eigenvalue weighted by atomic mass is 32.1. The number of phenols is 1. The maximum absolute atomic E-state index is 12.5. The molecule has 0 unspecified atom stereocenters. The minimum absolute atomic E-state index is 0.0521. The Hall–Kier alpha value is -3.27. The maximum atomic E-state index is 12.5. The lowest BCUT2D eigenvalue weighted by Crippen LogP contribution is -2.53. The van der Waals surface area contributed by atoms with E-state index in [4.69, 9.17) is 17.0 Å². The van der Waals surface area contributed by atoms with Gasteiger partial charge in [-0.3, -0.25) is 29.9 Å². The lowest BCUT2D eigenvalue weighted by Gasteiger charge is -2.27. The van der Waals surface area contributed by atoms with Crippen molar-refractivity contribution in [3.63, 3.8) is 0 Å². The number of nitrogens with one attached hydrogen (secondary N) is 1. The molecule has 0 aliphatic carbocycles. The van der Waals surface area contributed by atoms with Crippen LogP contribution in [0.1, 0.15) is 12.5 Å². The number of rotatable bonds is 6. The Balaban J connectivity index is 2.54. The lowest BCUT2D eigenvalue weighted by molar-refractivity contribution is -0.386. The fourth-order valence-electron chi connectivity index (χ4n) is 2.26. The summed E-state index contributed by atoms with van der Waals surface area (Å²) in [6.07, 6.45) is 2.61. The molecule has 1 saturated heterocycles. The van der Waals surface area contributed by atoms with Gasteiger partial charge in [0.05, 0.1) is 11.5 Å². The van der Waals surface area contributed by atoms with Crippen LogP contribution in [0.5, 0.6) is 11.5 Å². The van der Waals surface area contributed by atoms with Crippen molar-refractivity contribution in [3.05, 3.63) is 46.0 Å². The fourth-order valence-corrected chi connectivity index (χ4v) is 2.51. The van der Waals surface area contributed by atoms with Crippen molar-refractivity contribution in [2.24, 2.45) is 0 Å². The minimum Gasteiger partial charge on any atom is -0.500 e. The second kappa shape index (κ2) is 7.74.